The second kappa shape index (κ2) is 7.96. The zero-order valence-electron chi connectivity index (χ0n) is 16.0. The Bertz CT molecular complexity index is 1020. The first-order valence-electron chi connectivity index (χ1n) is 9.08. The third-order valence-electron chi connectivity index (χ3n) is 4.33. The van der Waals surface area contributed by atoms with Crippen LogP contribution < -0.4 is 14.9 Å². The van der Waals surface area contributed by atoms with Crippen molar-refractivity contribution in [2.24, 2.45) is 0 Å². The molecule has 1 heterocycles. The van der Waals surface area contributed by atoms with E-state index in [2.05, 4.69) is 5.32 Å². The molecule has 0 aliphatic heterocycles. The minimum absolute atomic E-state index is 0.0118. The molecule has 0 bridgehead atoms. The van der Waals surface area contributed by atoms with Gasteiger partial charge in [0.1, 0.15) is 5.75 Å². The van der Waals surface area contributed by atoms with Crippen molar-refractivity contribution in [2.45, 2.75) is 46.3 Å². The average molecular weight is 385 g/mol. The molecule has 3 rings (SSSR count). The molecular formula is C21H24N2O3S. The van der Waals surface area contributed by atoms with Crippen LogP contribution in [0.5, 0.6) is 5.75 Å². The van der Waals surface area contributed by atoms with Gasteiger partial charge in [-0.05, 0) is 63.1 Å². The Labute approximate surface area is 162 Å². The van der Waals surface area contributed by atoms with Crippen molar-refractivity contribution in [3.05, 3.63) is 57.7 Å². The van der Waals surface area contributed by atoms with E-state index >= 15 is 0 Å². The number of thiazole rings is 1. The minimum Gasteiger partial charge on any atom is -0.481 e. The van der Waals surface area contributed by atoms with Crippen molar-refractivity contribution in [3.8, 4) is 5.75 Å². The summed E-state index contributed by atoms with van der Waals surface area (Å²) < 4.78 is 8.48. The lowest BCUT2D eigenvalue weighted by molar-refractivity contribution is -0.122. The Hall–Kier alpha value is -2.60. The van der Waals surface area contributed by atoms with Gasteiger partial charge in [-0.25, -0.2) is 0 Å². The van der Waals surface area contributed by atoms with Crippen molar-refractivity contribution in [1.82, 2.24) is 4.57 Å². The summed E-state index contributed by atoms with van der Waals surface area (Å²) in [5.74, 6) is 0.480. The summed E-state index contributed by atoms with van der Waals surface area (Å²) in [6.07, 6.45) is -0.0273. The molecule has 1 N–H and O–H groups in total. The van der Waals surface area contributed by atoms with E-state index in [0.29, 0.717) is 17.9 Å². The number of aryl methyl sites for hydroxylation is 1. The van der Waals surface area contributed by atoms with Crippen LogP contribution in [0.25, 0.3) is 10.2 Å². The number of anilines is 1. The number of fused-ring (bicyclic) bond motifs is 1. The second-order valence-electron chi connectivity index (χ2n) is 6.83. The van der Waals surface area contributed by atoms with Crippen LogP contribution in [0.3, 0.4) is 0 Å². The molecule has 0 fully saturated rings. The third-order valence-corrected chi connectivity index (χ3v) is 5.25. The summed E-state index contributed by atoms with van der Waals surface area (Å²) in [5, 5.41) is 2.91. The van der Waals surface area contributed by atoms with Gasteiger partial charge < -0.3 is 10.1 Å². The third kappa shape index (κ3) is 4.22. The average Bonchev–Trinajstić information content (AvgIpc) is 2.94. The zero-order valence-corrected chi connectivity index (χ0v) is 16.8. The maximum absolute atomic E-state index is 12.6. The van der Waals surface area contributed by atoms with Gasteiger partial charge in [-0.3, -0.25) is 14.2 Å². The van der Waals surface area contributed by atoms with E-state index in [0.717, 1.165) is 15.8 Å². The standard InChI is InChI=1S/C21H24N2O3S/c1-5-18(26-16-8-6-7-14(4)11-16)20(24)22-15-9-10-17-19(12-15)27-21(25)23(17)13(2)3/h6-13,18H,5H2,1-4H3,(H,22,24)/t18-/m1/s1. The molecular weight excluding hydrogens is 360 g/mol. The van der Waals surface area contributed by atoms with Crippen molar-refractivity contribution >= 4 is 33.1 Å². The van der Waals surface area contributed by atoms with Gasteiger partial charge in [0.15, 0.2) is 6.10 Å². The van der Waals surface area contributed by atoms with Crippen LogP contribution in [-0.4, -0.2) is 16.6 Å². The maximum Gasteiger partial charge on any atom is 0.308 e. The molecule has 0 unspecified atom stereocenters. The molecule has 1 amide bonds. The van der Waals surface area contributed by atoms with Gasteiger partial charge >= 0.3 is 4.87 Å². The number of nitrogens with one attached hydrogen (secondary N) is 1. The van der Waals surface area contributed by atoms with E-state index < -0.39 is 6.10 Å². The largest absolute Gasteiger partial charge is 0.481 e. The zero-order chi connectivity index (χ0) is 19.6. The molecule has 0 radical (unpaired) electrons. The highest BCUT2D eigenvalue weighted by molar-refractivity contribution is 7.16. The monoisotopic (exact) mass is 384 g/mol. The normalized spacial score (nSPS) is 12.3. The molecule has 0 saturated heterocycles. The SMILES string of the molecule is CC[C@@H](Oc1cccc(C)c1)C(=O)Nc1ccc2c(c1)sc(=O)n2C(C)C. The number of rotatable bonds is 6. The van der Waals surface area contributed by atoms with Crippen molar-refractivity contribution in [3.63, 3.8) is 0 Å². The number of aromatic nitrogens is 1. The summed E-state index contributed by atoms with van der Waals surface area (Å²) in [4.78, 5) is 24.8. The molecule has 5 nitrogen and oxygen atoms in total. The number of nitrogens with zero attached hydrogens (tertiary/aromatic N) is 1. The molecule has 1 atom stereocenters. The van der Waals surface area contributed by atoms with E-state index in [1.54, 1.807) is 4.57 Å². The highest BCUT2D eigenvalue weighted by Gasteiger charge is 2.19. The Balaban J connectivity index is 1.78. The smallest absolute Gasteiger partial charge is 0.308 e. The van der Waals surface area contributed by atoms with E-state index in [1.807, 2.05) is 70.2 Å². The first-order chi connectivity index (χ1) is 12.9. The second-order valence-corrected chi connectivity index (χ2v) is 7.83. The number of carbonyl (C=O) groups excluding carboxylic acids is 1. The summed E-state index contributed by atoms with van der Waals surface area (Å²) in [5.41, 5.74) is 2.63. The number of amides is 1. The molecule has 2 aromatic carbocycles. The lowest BCUT2D eigenvalue weighted by Crippen LogP contribution is -2.32. The molecule has 0 spiro atoms. The maximum atomic E-state index is 12.6. The van der Waals surface area contributed by atoms with Crippen molar-refractivity contribution in [1.29, 1.82) is 0 Å². The molecule has 142 valence electrons. The Morgan fingerprint density at radius 3 is 2.67 bits per heavy atom. The number of carbonyl (C=O) groups is 1. The van der Waals surface area contributed by atoms with Crippen LogP contribution in [0.1, 0.15) is 38.8 Å². The quantitative estimate of drug-likeness (QED) is 0.667. The van der Waals surface area contributed by atoms with Gasteiger partial charge in [-0.2, -0.15) is 0 Å². The van der Waals surface area contributed by atoms with Crippen molar-refractivity contribution < 1.29 is 9.53 Å². The topological polar surface area (TPSA) is 60.3 Å². The van der Waals surface area contributed by atoms with Crippen LogP contribution in [0.4, 0.5) is 5.69 Å². The van der Waals surface area contributed by atoms with Gasteiger partial charge in [0.2, 0.25) is 0 Å². The number of benzene rings is 2. The van der Waals surface area contributed by atoms with Gasteiger partial charge in [-0.1, -0.05) is 30.4 Å². The van der Waals surface area contributed by atoms with E-state index in [4.69, 9.17) is 4.74 Å². The highest BCUT2D eigenvalue weighted by Crippen LogP contribution is 2.24. The fourth-order valence-electron chi connectivity index (χ4n) is 3.00. The summed E-state index contributed by atoms with van der Waals surface area (Å²) in [7, 11) is 0. The summed E-state index contributed by atoms with van der Waals surface area (Å²) in [6, 6.07) is 13.3. The van der Waals surface area contributed by atoms with E-state index in [-0.39, 0.29) is 16.8 Å². The predicted octanol–water partition coefficient (Wildman–Crippen LogP) is 4.75. The lowest BCUT2D eigenvalue weighted by atomic mass is 10.2. The first-order valence-corrected chi connectivity index (χ1v) is 9.90. The first kappa shape index (κ1) is 19.2. The van der Waals surface area contributed by atoms with Crippen LogP contribution in [0, 0.1) is 6.92 Å². The molecule has 0 aliphatic rings. The molecule has 0 saturated carbocycles. The minimum atomic E-state index is -0.582. The van der Waals surface area contributed by atoms with E-state index in [1.165, 1.54) is 11.3 Å². The molecule has 0 aliphatic carbocycles. The van der Waals surface area contributed by atoms with Crippen molar-refractivity contribution in [2.75, 3.05) is 5.32 Å². The van der Waals surface area contributed by atoms with Crippen LogP contribution in [0.2, 0.25) is 0 Å². The molecule has 1 aromatic heterocycles. The van der Waals surface area contributed by atoms with Gasteiger partial charge in [-0.15, -0.1) is 0 Å². The Morgan fingerprint density at radius 2 is 2.00 bits per heavy atom. The highest BCUT2D eigenvalue weighted by atomic mass is 32.1. The van der Waals surface area contributed by atoms with Crippen LogP contribution >= 0.6 is 11.3 Å². The fraction of sp³-hybridized carbons (Fsp3) is 0.333. The molecule has 27 heavy (non-hydrogen) atoms. The van der Waals surface area contributed by atoms with Gasteiger partial charge in [0, 0.05) is 11.7 Å². The molecule has 6 heteroatoms. The molecule has 3 aromatic rings. The number of hydrogen-bond acceptors (Lipinski definition) is 4. The Kier molecular flexibility index (Phi) is 5.65. The number of ether oxygens (including phenoxy) is 1. The van der Waals surface area contributed by atoms with Gasteiger partial charge in [0.25, 0.3) is 5.91 Å². The van der Waals surface area contributed by atoms with Crippen LogP contribution in [0.15, 0.2) is 47.3 Å². The van der Waals surface area contributed by atoms with Gasteiger partial charge in [0.05, 0.1) is 10.2 Å². The summed E-state index contributed by atoms with van der Waals surface area (Å²) in [6.45, 7) is 7.87. The van der Waals surface area contributed by atoms with E-state index in [9.17, 15) is 9.59 Å². The predicted molar refractivity (Wildman–Crippen MR) is 111 cm³/mol. The Morgan fingerprint density at radius 1 is 1.22 bits per heavy atom. The number of hydrogen-bond donors (Lipinski definition) is 1. The lowest BCUT2D eigenvalue weighted by Gasteiger charge is -2.17. The fourth-order valence-corrected chi connectivity index (χ4v) is 4.05. The summed E-state index contributed by atoms with van der Waals surface area (Å²) >= 11 is 1.19. The van der Waals surface area contributed by atoms with Crippen LogP contribution in [-0.2, 0) is 4.79 Å².